The van der Waals surface area contributed by atoms with E-state index in [0.717, 1.165) is 11.1 Å². The number of nitrogens with zero attached hydrogens (tertiary/aromatic N) is 1. The zero-order valence-corrected chi connectivity index (χ0v) is 12.2. The van der Waals surface area contributed by atoms with E-state index in [2.05, 4.69) is 4.98 Å². The van der Waals surface area contributed by atoms with Crippen molar-refractivity contribution >= 4 is 0 Å². The molecule has 0 aliphatic heterocycles. The van der Waals surface area contributed by atoms with Gasteiger partial charge >= 0.3 is 0 Å². The number of hydrogen-bond donors (Lipinski definition) is 2. The first-order valence-electron chi connectivity index (χ1n) is 6.71. The Kier molecular flexibility index (Phi) is 5.14. The largest absolute Gasteiger partial charge is 0.493 e. The predicted octanol–water partition coefficient (Wildman–Crippen LogP) is 1.87. The molecule has 5 heteroatoms. The van der Waals surface area contributed by atoms with E-state index in [4.69, 9.17) is 15.2 Å². The van der Waals surface area contributed by atoms with Crippen LogP contribution in [0, 0.1) is 0 Å². The summed E-state index contributed by atoms with van der Waals surface area (Å²) in [5.74, 6) is 1.02. The number of benzene rings is 1. The van der Waals surface area contributed by atoms with E-state index in [-0.39, 0.29) is 5.92 Å². The normalized spacial score (nSPS) is 13.5. The topological polar surface area (TPSA) is 77.6 Å². The number of methoxy groups -OCH3 is 2. The Morgan fingerprint density at radius 2 is 1.90 bits per heavy atom. The van der Waals surface area contributed by atoms with Crippen molar-refractivity contribution in [1.29, 1.82) is 0 Å². The average molecular weight is 288 g/mol. The van der Waals surface area contributed by atoms with Gasteiger partial charge in [0.05, 0.1) is 20.3 Å². The second-order valence-corrected chi connectivity index (χ2v) is 4.69. The van der Waals surface area contributed by atoms with Crippen LogP contribution < -0.4 is 15.2 Å². The first-order chi connectivity index (χ1) is 10.2. The maximum Gasteiger partial charge on any atom is 0.160 e. The van der Waals surface area contributed by atoms with Gasteiger partial charge in [-0.3, -0.25) is 4.98 Å². The van der Waals surface area contributed by atoms with Gasteiger partial charge in [-0.25, -0.2) is 0 Å². The Morgan fingerprint density at radius 3 is 2.48 bits per heavy atom. The maximum absolute atomic E-state index is 10.5. The second kappa shape index (κ2) is 7.06. The molecule has 0 radical (unpaired) electrons. The highest BCUT2D eigenvalue weighted by atomic mass is 16.5. The molecule has 1 heterocycles. The van der Waals surface area contributed by atoms with Gasteiger partial charge in [-0.1, -0.05) is 12.1 Å². The van der Waals surface area contributed by atoms with Gasteiger partial charge in [-0.15, -0.1) is 0 Å². The fraction of sp³-hybridized carbons (Fsp3) is 0.312. The Bertz CT molecular complexity index is 575. The lowest BCUT2D eigenvalue weighted by Gasteiger charge is -2.23. The van der Waals surface area contributed by atoms with Crippen molar-refractivity contribution in [1.82, 2.24) is 4.98 Å². The molecule has 0 fully saturated rings. The zero-order valence-electron chi connectivity index (χ0n) is 12.2. The van der Waals surface area contributed by atoms with Crippen LogP contribution in [-0.2, 0) is 0 Å². The monoisotopic (exact) mass is 288 g/mol. The third-order valence-corrected chi connectivity index (χ3v) is 3.50. The summed E-state index contributed by atoms with van der Waals surface area (Å²) in [7, 11) is 3.17. The van der Waals surface area contributed by atoms with E-state index in [1.807, 2.05) is 24.3 Å². The van der Waals surface area contributed by atoms with E-state index >= 15 is 0 Å². The van der Waals surface area contributed by atoms with Gasteiger partial charge in [0.2, 0.25) is 0 Å². The number of pyridine rings is 1. The van der Waals surface area contributed by atoms with Crippen LogP contribution in [0.4, 0.5) is 0 Å². The highest BCUT2D eigenvalue weighted by molar-refractivity contribution is 5.44. The third kappa shape index (κ3) is 3.32. The van der Waals surface area contributed by atoms with E-state index in [1.54, 1.807) is 32.7 Å². The molecule has 112 valence electrons. The molecule has 2 atom stereocenters. The summed E-state index contributed by atoms with van der Waals surface area (Å²) in [4.78, 5) is 4.03. The van der Waals surface area contributed by atoms with Crippen LogP contribution >= 0.6 is 0 Å². The van der Waals surface area contributed by atoms with Crippen LogP contribution in [-0.4, -0.2) is 30.9 Å². The second-order valence-electron chi connectivity index (χ2n) is 4.69. The SMILES string of the molecule is COc1ccc(C(CN)C(O)c2cccnc2)cc1OC. The molecule has 2 unspecified atom stereocenters. The fourth-order valence-corrected chi connectivity index (χ4v) is 2.31. The molecule has 0 spiro atoms. The molecule has 21 heavy (non-hydrogen) atoms. The summed E-state index contributed by atoms with van der Waals surface area (Å²) in [5.41, 5.74) is 7.49. The van der Waals surface area contributed by atoms with Gasteiger partial charge in [0.25, 0.3) is 0 Å². The summed E-state index contributed by atoms with van der Waals surface area (Å²) < 4.78 is 10.5. The van der Waals surface area contributed by atoms with Crippen molar-refractivity contribution in [2.45, 2.75) is 12.0 Å². The Balaban J connectivity index is 2.33. The van der Waals surface area contributed by atoms with Crippen molar-refractivity contribution in [2.75, 3.05) is 20.8 Å². The molecule has 2 rings (SSSR count). The summed E-state index contributed by atoms with van der Waals surface area (Å²) in [6.07, 6.45) is 2.60. The van der Waals surface area contributed by atoms with Crippen molar-refractivity contribution < 1.29 is 14.6 Å². The van der Waals surface area contributed by atoms with Crippen LogP contribution in [0.5, 0.6) is 11.5 Å². The van der Waals surface area contributed by atoms with Crippen LogP contribution in [0.15, 0.2) is 42.7 Å². The summed E-state index contributed by atoms with van der Waals surface area (Å²) in [5, 5.41) is 10.5. The molecular formula is C16H20N2O3. The van der Waals surface area contributed by atoms with Crippen molar-refractivity contribution in [3.63, 3.8) is 0 Å². The zero-order chi connectivity index (χ0) is 15.2. The molecule has 1 aromatic carbocycles. The number of nitrogens with two attached hydrogens (primary N) is 1. The summed E-state index contributed by atoms with van der Waals surface area (Å²) >= 11 is 0. The van der Waals surface area contributed by atoms with E-state index in [0.29, 0.717) is 18.0 Å². The van der Waals surface area contributed by atoms with Crippen molar-refractivity contribution in [3.05, 3.63) is 53.9 Å². The highest BCUT2D eigenvalue weighted by Crippen LogP contribution is 2.35. The van der Waals surface area contributed by atoms with Crippen LogP contribution in [0.1, 0.15) is 23.1 Å². The Morgan fingerprint density at radius 1 is 1.14 bits per heavy atom. The number of aliphatic hydroxyl groups is 1. The van der Waals surface area contributed by atoms with Gasteiger partial charge in [0.1, 0.15) is 0 Å². The molecule has 5 nitrogen and oxygen atoms in total. The van der Waals surface area contributed by atoms with Crippen LogP contribution in [0.25, 0.3) is 0 Å². The molecule has 0 saturated heterocycles. The van der Waals surface area contributed by atoms with Gasteiger partial charge in [-0.2, -0.15) is 0 Å². The minimum Gasteiger partial charge on any atom is -0.493 e. The van der Waals surface area contributed by atoms with Gasteiger partial charge in [-0.05, 0) is 29.3 Å². The fourth-order valence-electron chi connectivity index (χ4n) is 2.31. The van der Waals surface area contributed by atoms with E-state index < -0.39 is 6.10 Å². The van der Waals surface area contributed by atoms with Crippen molar-refractivity contribution in [2.24, 2.45) is 5.73 Å². The first-order valence-corrected chi connectivity index (χ1v) is 6.71. The summed E-state index contributed by atoms with van der Waals surface area (Å²) in [6.45, 7) is 0.311. The third-order valence-electron chi connectivity index (χ3n) is 3.50. The van der Waals surface area contributed by atoms with Crippen molar-refractivity contribution in [3.8, 4) is 11.5 Å². The average Bonchev–Trinajstić information content (AvgIpc) is 2.56. The number of aromatic nitrogens is 1. The highest BCUT2D eigenvalue weighted by Gasteiger charge is 2.22. The minimum atomic E-state index is -0.721. The maximum atomic E-state index is 10.5. The molecule has 2 aromatic rings. The van der Waals surface area contributed by atoms with Crippen LogP contribution in [0.3, 0.4) is 0 Å². The number of aliphatic hydroxyl groups excluding tert-OH is 1. The number of rotatable bonds is 6. The molecule has 0 bridgehead atoms. The predicted molar refractivity (Wildman–Crippen MR) is 80.5 cm³/mol. The molecule has 0 saturated carbocycles. The van der Waals surface area contributed by atoms with Gasteiger partial charge in [0.15, 0.2) is 11.5 Å². The molecule has 0 amide bonds. The number of hydrogen-bond acceptors (Lipinski definition) is 5. The lowest BCUT2D eigenvalue weighted by atomic mass is 9.89. The quantitative estimate of drug-likeness (QED) is 0.848. The van der Waals surface area contributed by atoms with E-state index in [1.165, 1.54) is 0 Å². The standard InChI is InChI=1S/C16H20N2O3/c1-20-14-6-5-11(8-15(14)21-2)13(9-17)16(19)12-4-3-7-18-10-12/h3-8,10,13,16,19H,9,17H2,1-2H3. The lowest BCUT2D eigenvalue weighted by Crippen LogP contribution is -2.20. The Labute approximate surface area is 124 Å². The molecule has 3 N–H and O–H groups in total. The number of ether oxygens (including phenoxy) is 2. The minimum absolute atomic E-state index is 0.242. The van der Waals surface area contributed by atoms with E-state index in [9.17, 15) is 5.11 Å². The summed E-state index contributed by atoms with van der Waals surface area (Å²) in [6, 6.07) is 9.17. The lowest BCUT2D eigenvalue weighted by molar-refractivity contribution is 0.147. The Hall–Kier alpha value is -2.11. The van der Waals surface area contributed by atoms with Gasteiger partial charge in [0, 0.05) is 24.9 Å². The van der Waals surface area contributed by atoms with Crippen LogP contribution in [0.2, 0.25) is 0 Å². The first kappa shape index (κ1) is 15.3. The van der Waals surface area contributed by atoms with Gasteiger partial charge < -0.3 is 20.3 Å². The molecule has 0 aliphatic carbocycles. The smallest absolute Gasteiger partial charge is 0.160 e. The molecular weight excluding hydrogens is 268 g/mol. The molecule has 0 aliphatic rings. The molecule has 1 aromatic heterocycles.